The number of likely N-dealkylation sites (N-methyl/N-ethyl adjacent to an activating group) is 1. The number of carbonyl (C=O) groups excluding carboxylic acids is 2. The van der Waals surface area contributed by atoms with E-state index in [4.69, 9.17) is 4.74 Å². The van der Waals surface area contributed by atoms with Crippen molar-refractivity contribution in [3.05, 3.63) is 35.6 Å². The molecule has 3 rings (SSSR count). The average Bonchev–Trinajstić information content (AvgIpc) is 2.96. The highest BCUT2D eigenvalue weighted by molar-refractivity contribution is 8.13. The monoisotopic (exact) mass is 366 g/mol. The number of fused-ring (bicyclic) bond motifs is 1. The van der Waals surface area contributed by atoms with Crippen LogP contribution in [0.4, 0.5) is 9.18 Å². The van der Waals surface area contributed by atoms with Gasteiger partial charge in [-0.2, -0.15) is 0 Å². The number of ether oxygens (including phenoxy) is 1. The summed E-state index contributed by atoms with van der Waals surface area (Å²) in [5, 5.41) is 3.02. The molecule has 0 radical (unpaired) electrons. The Balaban J connectivity index is 1.78. The maximum absolute atomic E-state index is 13.0. The molecule has 1 fully saturated rings. The maximum Gasteiger partial charge on any atom is 0.325 e. The third-order valence-electron chi connectivity index (χ3n) is 4.14. The van der Waals surface area contributed by atoms with E-state index in [1.165, 1.54) is 28.8 Å². The van der Waals surface area contributed by atoms with E-state index in [1.54, 1.807) is 26.3 Å². The Hall–Kier alpha value is -2.13. The van der Waals surface area contributed by atoms with E-state index in [0.717, 1.165) is 5.56 Å². The van der Waals surface area contributed by atoms with Crippen molar-refractivity contribution in [2.45, 2.75) is 18.0 Å². The molecule has 2 atom stereocenters. The van der Waals surface area contributed by atoms with Crippen LogP contribution in [0.25, 0.3) is 0 Å². The van der Waals surface area contributed by atoms with E-state index in [-0.39, 0.29) is 11.7 Å². The number of nitrogens with one attached hydrogen (secondary N) is 1. The van der Waals surface area contributed by atoms with Crippen LogP contribution in [0.1, 0.15) is 5.56 Å². The molecule has 1 aromatic carbocycles. The van der Waals surface area contributed by atoms with Gasteiger partial charge in [0.25, 0.3) is 5.91 Å². The van der Waals surface area contributed by atoms with E-state index in [9.17, 15) is 14.0 Å². The lowest BCUT2D eigenvalue weighted by molar-refractivity contribution is -0.127. The minimum absolute atomic E-state index is 0.281. The maximum atomic E-state index is 13.0. The van der Waals surface area contributed by atoms with Crippen LogP contribution in [-0.4, -0.2) is 66.4 Å². The molecule has 1 aromatic rings. The number of methoxy groups -OCH3 is 1. The van der Waals surface area contributed by atoms with Gasteiger partial charge in [-0.3, -0.25) is 10.1 Å². The van der Waals surface area contributed by atoms with Gasteiger partial charge in [0.15, 0.2) is 17.4 Å². The number of nitrogens with zero attached hydrogens (tertiary/aromatic N) is 3. The van der Waals surface area contributed by atoms with Crippen LogP contribution in [0.15, 0.2) is 29.3 Å². The van der Waals surface area contributed by atoms with Crippen molar-refractivity contribution in [2.24, 2.45) is 4.99 Å². The molecule has 0 aliphatic carbocycles. The lowest BCUT2D eigenvalue weighted by atomic mass is 10.1. The fraction of sp³-hybridized carbons (Fsp3) is 0.438. The SMILES string of the molecule is COCCN1C(SCc2ccc(F)cc2)=NC2C1C(=O)NC(=O)N2C. The van der Waals surface area contributed by atoms with Gasteiger partial charge in [0.05, 0.1) is 6.61 Å². The first-order valence-electron chi connectivity index (χ1n) is 7.79. The highest BCUT2D eigenvalue weighted by Gasteiger charge is 2.48. The number of rotatable bonds is 5. The fourth-order valence-corrected chi connectivity index (χ4v) is 3.82. The molecular formula is C16H19FN4O3S. The number of amidine groups is 1. The Morgan fingerprint density at radius 3 is 2.72 bits per heavy atom. The smallest absolute Gasteiger partial charge is 0.325 e. The van der Waals surface area contributed by atoms with Gasteiger partial charge < -0.3 is 14.5 Å². The molecule has 25 heavy (non-hydrogen) atoms. The van der Waals surface area contributed by atoms with Crippen LogP contribution in [0.3, 0.4) is 0 Å². The van der Waals surface area contributed by atoms with Gasteiger partial charge in [0.2, 0.25) is 0 Å². The first-order chi connectivity index (χ1) is 12.0. The average molecular weight is 366 g/mol. The molecule has 2 aliphatic heterocycles. The summed E-state index contributed by atoms with van der Waals surface area (Å²) in [6.07, 6.45) is -0.547. The van der Waals surface area contributed by atoms with Crippen molar-refractivity contribution in [2.75, 3.05) is 27.3 Å². The summed E-state index contributed by atoms with van der Waals surface area (Å²) in [6.45, 7) is 0.923. The minimum Gasteiger partial charge on any atom is -0.383 e. The summed E-state index contributed by atoms with van der Waals surface area (Å²) in [4.78, 5) is 32.0. The first kappa shape index (κ1) is 17.7. The van der Waals surface area contributed by atoms with Gasteiger partial charge >= 0.3 is 6.03 Å². The van der Waals surface area contributed by atoms with Gasteiger partial charge in [0.1, 0.15) is 5.82 Å². The molecule has 2 unspecified atom stereocenters. The van der Waals surface area contributed by atoms with Gasteiger partial charge in [-0.25, -0.2) is 14.2 Å². The van der Waals surface area contributed by atoms with E-state index < -0.39 is 18.2 Å². The Morgan fingerprint density at radius 2 is 2.04 bits per heavy atom. The van der Waals surface area contributed by atoms with Crippen molar-refractivity contribution in [1.29, 1.82) is 0 Å². The molecular weight excluding hydrogens is 347 g/mol. The van der Waals surface area contributed by atoms with Crippen molar-refractivity contribution in [3.8, 4) is 0 Å². The standard InChI is InChI=1S/C16H19FN4O3S/c1-20-13-12(14(22)19-15(20)23)21(7-8-24-2)16(18-13)25-9-10-3-5-11(17)6-4-10/h3-6,12-13H,7-9H2,1-2H3,(H,19,22,23). The van der Waals surface area contributed by atoms with Crippen molar-refractivity contribution in [1.82, 2.24) is 15.1 Å². The summed E-state index contributed by atoms with van der Waals surface area (Å²) in [5.74, 6) is -0.0525. The molecule has 0 bridgehead atoms. The predicted octanol–water partition coefficient (Wildman–Crippen LogP) is 1.25. The Bertz CT molecular complexity index is 697. The quantitative estimate of drug-likeness (QED) is 0.849. The Morgan fingerprint density at radius 1 is 1.32 bits per heavy atom. The second-order valence-electron chi connectivity index (χ2n) is 5.78. The summed E-state index contributed by atoms with van der Waals surface area (Å²) in [7, 11) is 3.21. The fourth-order valence-electron chi connectivity index (χ4n) is 2.77. The van der Waals surface area contributed by atoms with Crippen LogP contribution >= 0.6 is 11.8 Å². The zero-order chi connectivity index (χ0) is 18.0. The van der Waals surface area contributed by atoms with E-state index >= 15 is 0 Å². The van der Waals surface area contributed by atoms with Gasteiger partial charge in [-0.1, -0.05) is 23.9 Å². The number of benzene rings is 1. The highest BCUT2D eigenvalue weighted by Crippen LogP contribution is 2.29. The summed E-state index contributed by atoms with van der Waals surface area (Å²) >= 11 is 1.45. The molecule has 3 amide bonds. The molecule has 134 valence electrons. The van der Waals surface area contributed by atoms with Crippen LogP contribution in [0.2, 0.25) is 0 Å². The zero-order valence-corrected chi connectivity index (χ0v) is 14.8. The van der Waals surface area contributed by atoms with Crippen molar-refractivity contribution >= 4 is 28.9 Å². The number of carbonyl (C=O) groups is 2. The lowest BCUT2D eigenvalue weighted by Crippen LogP contribution is -2.63. The second kappa shape index (κ2) is 7.40. The number of hydrogen-bond donors (Lipinski definition) is 1. The molecule has 0 aromatic heterocycles. The normalized spacial score (nSPS) is 22.8. The van der Waals surface area contributed by atoms with Crippen LogP contribution in [0, 0.1) is 5.82 Å². The van der Waals surface area contributed by atoms with E-state index in [2.05, 4.69) is 10.3 Å². The van der Waals surface area contributed by atoms with Crippen molar-refractivity contribution < 1.29 is 18.7 Å². The van der Waals surface area contributed by atoms with Crippen LogP contribution < -0.4 is 5.32 Å². The Kier molecular flexibility index (Phi) is 5.24. The molecule has 1 N–H and O–H groups in total. The topological polar surface area (TPSA) is 74.2 Å². The van der Waals surface area contributed by atoms with E-state index in [0.29, 0.717) is 24.1 Å². The number of aliphatic imine (C=N–C) groups is 1. The predicted molar refractivity (Wildman–Crippen MR) is 92.6 cm³/mol. The number of amides is 3. The third-order valence-corrected chi connectivity index (χ3v) is 5.22. The van der Waals surface area contributed by atoms with Crippen LogP contribution in [0.5, 0.6) is 0 Å². The Labute approximate surface area is 149 Å². The van der Waals surface area contributed by atoms with Gasteiger partial charge in [-0.05, 0) is 17.7 Å². The van der Waals surface area contributed by atoms with Gasteiger partial charge in [0, 0.05) is 26.5 Å². The molecule has 2 aliphatic rings. The number of hydrogen-bond acceptors (Lipinski definition) is 6. The second-order valence-corrected chi connectivity index (χ2v) is 6.72. The zero-order valence-electron chi connectivity index (χ0n) is 13.9. The summed E-state index contributed by atoms with van der Waals surface area (Å²) < 4.78 is 18.1. The molecule has 9 heteroatoms. The van der Waals surface area contributed by atoms with Gasteiger partial charge in [-0.15, -0.1) is 0 Å². The lowest BCUT2D eigenvalue weighted by Gasteiger charge is -2.36. The molecule has 0 spiro atoms. The first-order valence-corrected chi connectivity index (χ1v) is 8.78. The molecule has 2 heterocycles. The summed E-state index contributed by atoms with van der Waals surface area (Å²) in [5.41, 5.74) is 0.949. The van der Waals surface area contributed by atoms with Crippen LogP contribution in [-0.2, 0) is 15.3 Å². The largest absolute Gasteiger partial charge is 0.383 e. The number of urea groups is 1. The molecule has 7 nitrogen and oxygen atoms in total. The number of thioether (sulfide) groups is 1. The minimum atomic E-state index is -0.562. The highest BCUT2D eigenvalue weighted by atomic mass is 32.2. The number of halogens is 1. The molecule has 1 saturated heterocycles. The molecule has 0 saturated carbocycles. The number of imide groups is 1. The summed E-state index contributed by atoms with van der Waals surface area (Å²) in [6, 6.07) is 5.24. The third kappa shape index (κ3) is 3.62. The van der Waals surface area contributed by atoms with E-state index in [1.807, 2.05) is 4.90 Å². The van der Waals surface area contributed by atoms with Crippen molar-refractivity contribution in [3.63, 3.8) is 0 Å².